The van der Waals surface area contributed by atoms with Crippen LogP contribution in [0.3, 0.4) is 0 Å². The molecule has 0 nitrogen and oxygen atoms in total. The number of rotatable bonds is 9. The Bertz CT molecular complexity index is 103. The maximum Gasteiger partial charge on any atom is -0.0295 e. The zero-order chi connectivity index (χ0) is 10.9. The fourth-order valence-electron chi connectivity index (χ4n) is 2.73. The largest absolute Gasteiger partial charge is 0.125 e. The Balaban J connectivity index is 4.21. The van der Waals surface area contributed by atoms with E-state index in [9.17, 15) is 0 Å². The molecule has 0 aromatic rings. The summed E-state index contributed by atoms with van der Waals surface area (Å²) in [6.07, 6.45) is 11.4. The van der Waals surface area contributed by atoms with Gasteiger partial charge in [-0.1, -0.05) is 40.0 Å². The molecule has 0 aromatic carbocycles. The first-order valence-electron chi connectivity index (χ1n) is 6.39. The maximum absolute atomic E-state index is 2.34. The third-order valence-corrected chi connectivity index (χ3v) is 4.00. The van der Waals surface area contributed by atoms with E-state index in [2.05, 4.69) is 27.4 Å². The zero-order valence-electron chi connectivity index (χ0n) is 10.7. The molecule has 0 rings (SSSR count). The third kappa shape index (κ3) is 5.35. The molecule has 0 saturated carbocycles. The van der Waals surface area contributed by atoms with Gasteiger partial charge in [0.15, 0.2) is 0 Å². The summed E-state index contributed by atoms with van der Waals surface area (Å²) in [6, 6.07) is 0. The van der Waals surface area contributed by atoms with Gasteiger partial charge in [-0.15, -0.1) is 8.58 Å². The highest BCUT2D eigenvalue weighted by molar-refractivity contribution is 7.36. The molecule has 0 saturated heterocycles. The summed E-state index contributed by atoms with van der Waals surface area (Å²) in [6.45, 7) is 9.37. The Morgan fingerprint density at radius 1 is 0.786 bits per heavy atom. The van der Waals surface area contributed by atoms with Gasteiger partial charge >= 0.3 is 0 Å². The van der Waals surface area contributed by atoms with Gasteiger partial charge < -0.3 is 0 Å². The van der Waals surface area contributed by atoms with E-state index in [-0.39, 0.29) is 0 Å². The van der Waals surface area contributed by atoms with Crippen LogP contribution in [-0.2, 0) is 0 Å². The van der Waals surface area contributed by atoms with Gasteiger partial charge in [0, 0.05) is 0 Å². The first-order valence-corrected chi connectivity index (χ1v) is 8.10. The minimum atomic E-state index is 0.710. The quantitative estimate of drug-likeness (QED) is 0.472. The molecule has 0 bridgehead atoms. The van der Waals surface area contributed by atoms with Crippen molar-refractivity contribution in [3.8, 4) is 0 Å². The molecule has 0 amide bonds. The molecule has 0 aliphatic rings. The van der Waals surface area contributed by atoms with Crippen molar-refractivity contribution < 1.29 is 0 Å². The first kappa shape index (κ1) is 14.4. The summed E-state index contributed by atoms with van der Waals surface area (Å²) in [5.41, 5.74) is 0.710. The van der Waals surface area contributed by atoms with Gasteiger partial charge in [-0.05, 0) is 43.9 Å². The van der Waals surface area contributed by atoms with Crippen LogP contribution in [0.1, 0.15) is 65.7 Å². The van der Waals surface area contributed by atoms with Crippen LogP contribution in [0.2, 0.25) is 0 Å². The molecule has 0 N–H and O–H groups in total. The van der Waals surface area contributed by atoms with Crippen LogP contribution in [0.25, 0.3) is 0 Å². The molecule has 0 spiro atoms. The van der Waals surface area contributed by atoms with Crippen molar-refractivity contribution >= 4 is 8.58 Å². The van der Waals surface area contributed by atoms with Crippen molar-refractivity contribution in [3.05, 3.63) is 0 Å². The van der Waals surface area contributed by atoms with Crippen molar-refractivity contribution in [2.75, 3.05) is 12.8 Å². The van der Waals surface area contributed by atoms with E-state index in [1.165, 1.54) is 51.1 Å². The second-order valence-electron chi connectivity index (χ2n) is 4.60. The fourth-order valence-corrected chi connectivity index (χ4v) is 3.51. The summed E-state index contributed by atoms with van der Waals surface area (Å²) in [5.74, 6) is 0. The molecular formula is C13H29P. The van der Waals surface area contributed by atoms with Crippen LogP contribution in [0.5, 0.6) is 0 Å². The van der Waals surface area contributed by atoms with Gasteiger partial charge in [0.25, 0.3) is 0 Å². The predicted molar refractivity (Wildman–Crippen MR) is 70.9 cm³/mol. The van der Waals surface area contributed by atoms with Gasteiger partial charge in [0.2, 0.25) is 0 Å². The van der Waals surface area contributed by atoms with Crippen LogP contribution in [0, 0.1) is 5.41 Å². The van der Waals surface area contributed by atoms with Crippen molar-refractivity contribution in [1.82, 2.24) is 0 Å². The molecule has 0 aliphatic carbocycles. The van der Waals surface area contributed by atoms with Crippen molar-refractivity contribution in [3.63, 3.8) is 0 Å². The van der Waals surface area contributed by atoms with Gasteiger partial charge in [-0.25, -0.2) is 0 Å². The van der Waals surface area contributed by atoms with Gasteiger partial charge in [0.1, 0.15) is 0 Å². The van der Waals surface area contributed by atoms with Gasteiger partial charge in [0.05, 0.1) is 0 Å². The SMILES string of the molecule is CCCC(CCC)(CCC)CCPC. The second kappa shape index (κ2) is 8.72. The van der Waals surface area contributed by atoms with Crippen molar-refractivity contribution in [2.45, 2.75) is 65.7 Å². The molecule has 1 atom stereocenters. The zero-order valence-corrected chi connectivity index (χ0v) is 11.7. The van der Waals surface area contributed by atoms with E-state index < -0.39 is 0 Å². The number of hydrogen-bond donors (Lipinski definition) is 0. The normalized spacial score (nSPS) is 12.9. The van der Waals surface area contributed by atoms with E-state index >= 15 is 0 Å². The van der Waals surface area contributed by atoms with Gasteiger partial charge in [-0.2, -0.15) is 0 Å². The van der Waals surface area contributed by atoms with Crippen LogP contribution < -0.4 is 0 Å². The molecular weight excluding hydrogens is 187 g/mol. The van der Waals surface area contributed by atoms with Crippen LogP contribution in [-0.4, -0.2) is 12.8 Å². The highest BCUT2D eigenvalue weighted by Crippen LogP contribution is 2.39. The summed E-state index contributed by atoms with van der Waals surface area (Å²) in [4.78, 5) is 0. The second-order valence-corrected chi connectivity index (χ2v) is 5.81. The molecule has 1 heteroatoms. The van der Waals surface area contributed by atoms with E-state index in [0.29, 0.717) is 5.41 Å². The Morgan fingerprint density at radius 2 is 1.21 bits per heavy atom. The lowest BCUT2D eigenvalue weighted by Crippen LogP contribution is -2.21. The van der Waals surface area contributed by atoms with E-state index in [1.54, 1.807) is 0 Å². The standard InChI is InChI=1S/C13H29P/c1-5-8-13(9-6-2,10-7-3)11-12-14-4/h14H,5-12H2,1-4H3. The third-order valence-electron chi connectivity index (χ3n) is 3.25. The van der Waals surface area contributed by atoms with Gasteiger partial charge in [-0.3, -0.25) is 0 Å². The average Bonchev–Trinajstić information content (AvgIpc) is 2.16. The Labute approximate surface area is 93.0 Å². The van der Waals surface area contributed by atoms with Crippen molar-refractivity contribution in [1.29, 1.82) is 0 Å². The van der Waals surface area contributed by atoms with Crippen molar-refractivity contribution in [2.24, 2.45) is 5.41 Å². The molecule has 1 unspecified atom stereocenters. The first-order chi connectivity index (χ1) is 6.74. The smallest absolute Gasteiger partial charge is 0.0295 e. The molecule has 0 radical (unpaired) electrons. The topological polar surface area (TPSA) is 0 Å². The lowest BCUT2D eigenvalue weighted by molar-refractivity contribution is 0.204. The summed E-state index contributed by atoms with van der Waals surface area (Å²) >= 11 is 0. The predicted octanol–water partition coefficient (Wildman–Crippen LogP) is 5.07. The van der Waals surface area contributed by atoms with E-state index in [4.69, 9.17) is 0 Å². The lowest BCUT2D eigenvalue weighted by atomic mass is 9.73. The Kier molecular flexibility index (Phi) is 8.98. The van der Waals surface area contributed by atoms with E-state index in [1.807, 2.05) is 0 Å². The maximum atomic E-state index is 2.34. The molecule has 0 fully saturated rings. The molecule has 0 aromatic heterocycles. The average molecular weight is 216 g/mol. The van der Waals surface area contributed by atoms with Crippen LogP contribution in [0.15, 0.2) is 0 Å². The fraction of sp³-hybridized carbons (Fsp3) is 1.00. The monoisotopic (exact) mass is 216 g/mol. The highest BCUT2D eigenvalue weighted by atomic mass is 31.1. The Morgan fingerprint density at radius 3 is 1.50 bits per heavy atom. The van der Waals surface area contributed by atoms with Crippen LogP contribution in [0.4, 0.5) is 0 Å². The summed E-state index contributed by atoms with van der Waals surface area (Å²) in [7, 11) is 1.14. The molecule has 0 aliphatic heterocycles. The minimum absolute atomic E-state index is 0.710. The number of hydrogen-bond acceptors (Lipinski definition) is 0. The summed E-state index contributed by atoms with van der Waals surface area (Å²) in [5, 5.41) is 0. The molecule has 0 heterocycles. The minimum Gasteiger partial charge on any atom is -0.125 e. The molecule has 14 heavy (non-hydrogen) atoms. The molecule has 86 valence electrons. The van der Waals surface area contributed by atoms with Crippen LogP contribution >= 0.6 is 8.58 Å². The highest BCUT2D eigenvalue weighted by Gasteiger charge is 2.26. The summed E-state index contributed by atoms with van der Waals surface area (Å²) < 4.78 is 0. The van der Waals surface area contributed by atoms with E-state index in [0.717, 1.165) is 8.58 Å². The Hall–Kier alpha value is 0.430. The lowest BCUT2D eigenvalue weighted by Gasteiger charge is -2.33.